The molecule has 7 nitrogen and oxygen atoms in total. The van der Waals surface area contributed by atoms with Crippen LogP contribution in [0, 0.1) is 0 Å². The van der Waals surface area contributed by atoms with E-state index in [9.17, 15) is 0 Å². The first kappa shape index (κ1) is 13.9. The number of tetrazole rings is 1. The van der Waals surface area contributed by atoms with Gasteiger partial charge in [-0.25, -0.2) is 4.98 Å². The number of nitrogens with zero attached hydrogens (tertiary/aromatic N) is 7. The zero-order valence-electron chi connectivity index (χ0n) is 11.9. The number of anilines is 1. The summed E-state index contributed by atoms with van der Waals surface area (Å²) in [5.41, 5.74) is 1.98. The average Bonchev–Trinajstić information content (AvgIpc) is 2.97. The number of hydrogen-bond acceptors (Lipinski definition) is 6. The Kier molecular flexibility index (Phi) is 3.28. The van der Waals surface area contributed by atoms with Crippen LogP contribution < -0.4 is 4.90 Å². The molecule has 1 aliphatic rings. The molecule has 22 heavy (non-hydrogen) atoms. The van der Waals surface area contributed by atoms with Gasteiger partial charge in [0.05, 0.1) is 10.5 Å². The minimum absolute atomic E-state index is 0.496. The van der Waals surface area contributed by atoms with E-state index in [1.54, 1.807) is 16.6 Å². The number of likely N-dealkylation sites (N-methyl/N-ethyl adjacent to an activating group) is 1. The molecule has 1 saturated heterocycles. The second-order valence-corrected chi connectivity index (χ2v) is 6.24. The second kappa shape index (κ2) is 5.19. The highest BCUT2D eigenvalue weighted by atomic mass is 35.5. The molecule has 2 aromatic heterocycles. The lowest BCUT2D eigenvalue weighted by atomic mass is 10.3. The molecule has 0 aliphatic carbocycles. The lowest BCUT2D eigenvalue weighted by molar-refractivity contribution is 0.312. The van der Waals surface area contributed by atoms with Gasteiger partial charge in [-0.1, -0.05) is 23.2 Å². The monoisotopic (exact) mass is 337 g/mol. The van der Waals surface area contributed by atoms with Crippen molar-refractivity contribution < 1.29 is 0 Å². The van der Waals surface area contributed by atoms with E-state index in [4.69, 9.17) is 28.2 Å². The van der Waals surface area contributed by atoms with Gasteiger partial charge in [-0.2, -0.15) is 4.52 Å². The molecule has 1 aliphatic heterocycles. The van der Waals surface area contributed by atoms with Crippen molar-refractivity contribution in [1.82, 2.24) is 29.9 Å². The van der Waals surface area contributed by atoms with Crippen molar-refractivity contribution in [3.63, 3.8) is 0 Å². The van der Waals surface area contributed by atoms with Gasteiger partial charge in [0.25, 0.3) is 0 Å². The van der Waals surface area contributed by atoms with E-state index in [-0.39, 0.29) is 0 Å². The molecule has 0 radical (unpaired) electrons. The molecule has 9 heteroatoms. The topological polar surface area (TPSA) is 62.5 Å². The first-order valence-corrected chi connectivity index (χ1v) is 7.69. The van der Waals surface area contributed by atoms with E-state index >= 15 is 0 Å². The molecule has 0 bridgehead atoms. The highest BCUT2D eigenvalue weighted by Crippen LogP contribution is 2.30. The Hall–Kier alpha value is -1.70. The van der Waals surface area contributed by atoms with Gasteiger partial charge in [0.1, 0.15) is 5.52 Å². The number of fused-ring (bicyclic) bond motifs is 3. The second-order valence-electron chi connectivity index (χ2n) is 5.40. The Morgan fingerprint density at radius 1 is 1.09 bits per heavy atom. The molecule has 0 saturated carbocycles. The van der Waals surface area contributed by atoms with E-state index in [0.29, 0.717) is 26.7 Å². The summed E-state index contributed by atoms with van der Waals surface area (Å²) in [7, 11) is 2.11. The molecule has 1 fully saturated rings. The fourth-order valence-electron chi connectivity index (χ4n) is 2.70. The molecular weight excluding hydrogens is 325 g/mol. The van der Waals surface area contributed by atoms with Crippen LogP contribution >= 0.6 is 23.2 Å². The van der Waals surface area contributed by atoms with Crippen LogP contribution in [0.2, 0.25) is 10.0 Å². The lowest BCUT2D eigenvalue weighted by Gasteiger charge is -2.33. The Morgan fingerprint density at radius 3 is 2.64 bits per heavy atom. The molecular formula is C13H13Cl2N7. The van der Waals surface area contributed by atoms with Crippen LogP contribution in [0.15, 0.2) is 12.1 Å². The lowest BCUT2D eigenvalue weighted by Crippen LogP contribution is -2.45. The normalized spacial score (nSPS) is 16.8. The fourth-order valence-corrected chi connectivity index (χ4v) is 3.22. The van der Waals surface area contributed by atoms with Gasteiger partial charge < -0.3 is 9.80 Å². The van der Waals surface area contributed by atoms with Crippen molar-refractivity contribution in [1.29, 1.82) is 0 Å². The third-order valence-corrected chi connectivity index (χ3v) is 4.43. The third-order valence-electron chi connectivity index (χ3n) is 3.93. The molecule has 0 spiro atoms. The minimum Gasteiger partial charge on any atom is -0.351 e. The van der Waals surface area contributed by atoms with E-state index in [0.717, 1.165) is 32.0 Å². The number of rotatable bonds is 1. The summed E-state index contributed by atoms with van der Waals surface area (Å²) in [6, 6.07) is 3.45. The summed E-state index contributed by atoms with van der Waals surface area (Å²) >= 11 is 12.4. The fraction of sp³-hybridized carbons (Fsp3) is 0.385. The largest absolute Gasteiger partial charge is 0.351 e. The van der Waals surface area contributed by atoms with E-state index < -0.39 is 0 Å². The zero-order valence-corrected chi connectivity index (χ0v) is 13.4. The summed E-state index contributed by atoms with van der Waals surface area (Å²) in [4.78, 5) is 9.19. The SMILES string of the molecule is CN1CCN(c2nc3c(Cl)cc(Cl)cc3n3nnnc23)CC1. The van der Waals surface area contributed by atoms with Crippen molar-refractivity contribution >= 4 is 45.7 Å². The molecule has 3 heterocycles. The van der Waals surface area contributed by atoms with Gasteiger partial charge in [-0.3, -0.25) is 0 Å². The van der Waals surface area contributed by atoms with Gasteiger partial charge in [-0.15, -0.1) is 5.10 Å². The Balaban J connectivity index is 1.95. The zero-order chi connectivity index (χ0) is 15.3. The van der Waals surface area contributed by atoms with Crippen LogP contribution in [0.4, 0.5) is 5.82 Å². The van der Waals surface area contributed by atoms with Crippen molar-refractivity contribution in [3.05, 3.63) is 22.2 Å². The number of halogens is 2. The summed E-state index contributed by atoms with van der Waals surface area (Å²) in [5.74, 6) is 0.759. The molecule has 0 unspecified atom stereocenters. The molecule has 114 valence electrons. The van der Waals surface area contributed by atoms with Crippen molar-refractivity contribution in [2.75, 3.05) is 38.1 Å². The Morgan fingerprint density at radius 2 is 1.86 bits per heavy atom. The standard InChI is InChI=1S/C13H13Cl2N7/c1-20-2-4-21(5-3-20)12-13-17-18-19-22(13)10-7-8(14)6-9(15)11(10)16-12/h6-7H,2-5H2,1H3. The van der Waals surface area contributed by atoms with E-state index in [2.05, 4.69) is 32.4 Å². The van der Waals surface area contributed by atoms with Gasteiger partial charge >= 0.3 is 0 Å². The van der Waals surface area contributed by atoms with Crippen molar-refractivity contribution in [3.8, 4) is 0 Å². The predicted molar refractivity (Wildman–Crippen MR) is 85.8 cm³/mol. The summed E-state index contributed by atoms with van der Waals surface area (Å²) < 4.78 is 1.65. The van der Waals surface area contributed by atoms with E-state index in [1.165, 1.54) is 0 Å². The quantitative estimate of drug-likeness (QED) is 0.673. The van der Waals surface area contributed by atoms with Crippen molar-refractivity contribution in [2.45, 2.75) is 0 Å². The maximum atomic E-state index is 6.31. The number of hydrogen-bond donors (Lipinski definition) is 0. The minimum atomic E-state index is 0.496. The predicted octanol–water partition coefficient (Wildman–Crippen LogP) is 1.73. The number of benzene rings is 1. The van der Waals surface area contributed by atoms with Gasteiger partial charge in [0.15, 0.2) is 5.82 Å². The maximum Gasteiger partial charge on any atom is 0.222 e. The summed E-state index contributed by atoms with van der Waals surface area (Å²) in [6.07, 6.45) is 0. The van der Waals surface area contributed by atoms with Gasteiger partial charge in [-0.05, 0) is 29.6 Å². The highest BCUT2D eigenvalue weighted by Gasteiger charge is 2.22. The van der Waals surface area contributed by atoms with Crippen LogP contribution in [0.5, 0.6) is 0 Å². The van der Waals surface area contributed by atoms with Crippen LogP contribution in [0.25, 0.3) is 16.7 Å². The molecule has 0 atom stereocenters. The first-order chi connectivity index (χ1) is 10.6. The molecule has 1 aromatic carbocycles. The van der Waals surface area contributed by atoms with Crippen LogP contribution in [-0.2, 0) is 0 Å². The van der Waals surface area contributed by atoms with Crippen LogP contribution in [-0.4, -0.2) is 63.2 Å². The highest BCUT2D eigenvalue weighted by molar-refractivity contribution is 6.38. The third kappa shape index (κ3) is 2.16. The molecule has 0 N–H and O–H groups in total. The van der Waals surface area contributed by atoms with Gasteiger partial charge in [0.2, 0.25) is 5.65 Å². The smallest absolute Gasteiger partial charge is 0.222 e. The molecule has 4 rings (SSSR count). The van der Waals surface area contributed by atoms with Crippen LogP contribution in [0.1, 0.15) is 0 Å². The Bertz CT molecular complexity index is 854. The summed E-state index contributed by atoms with van der Waals surface area (Å²) in [5, 5.41) is 13.0. The first-order valence-electron chi connectivity index (χ1n) is 6.94. The van der Waals surface area contributed by atoms with Gasteiger partial charge in [0, 0.05) is 31.2 Å². The maximum absolute atomic E-state index is 6.31. The number of piperazine rings is 1. The average molecular weight is 338 g/mol. The van der Waals surface area contributed by atoms with Crippen molar-refractivity contribution in [2.24, 2.45) is 0 Å². The number of aromatic nitrogens is 5. The molecule has 0 amide bonds. The van der Waals surface area contributed by atoms with E-state index in [1.807, 2.05) is 0 Å². The van der Waals surface area contributed by atoms with Crippen LogP contribution in [0.3, 0.4) is 0 Å². The summed E-state index contributed by atoms with van der Waals surface area (Å²) in [6.45, 7) is 3.70. The molecule has 3 aromatic rings. The Labute approximate surface area is 136 Å².